The number of benzene rings is 1. The number of nitrogens with one attached hydrogen (secondary N) is 1. The summed E-state index contributed by atoms with van der Waals surface area (Å²) >= 11 is 0. The molecule has 0 spiro atoms. The van der Waals surface area contributed by atoms with Crippen molar-refractivity contribution < 1.29 is 0 Å². The maximum absolute atomic E-state index is 3.43. The predicted molar refractivity (Wildman–Crippen MR) is 85.0 cm³/mol. The predicted octanol–water partition coefficient (Wildman–Crippen LogP) is 3.24. The lowest BCUT2D eigenvalue weighted by Gasteiger charge is -2.25. The summed E-state index contributed by atoms with van der Waals surface area (Å²) < 4.78 is 0. The van der Waals surface area contributed by atoms with Gasteiger partial charge in [0.1, 0.15) is 0 Å². The molecule has 0 aliphatic carbocycles. The van der Waals surface area contributed by atoms with E-state index >= 15 is 0 Å². The maximum Gasteiger partial charge on any atom is 0.0230 e. The van der Waals surface area contributed by atoms with Crippen molar-refractivity contribution >= 4 is 12.4 Å². The van der Waals surface area contributed by atoms with Crippen molar-refractivity contribution in [1.29, 1.82) is 0 Å². The molecule has 108 valence electrons. The minimum Gasteiger partial charge on any atom is -0.317 e. The van der Waals surface area contributed by atoms with Crippen molar-refractivity contribution in [2.45, 2.75) is 32.7 Å². The molecule has 0 unspecified atom stereocenters. The molecule has 1 aromatic carbocycles. The van der Waals surface area contributed by atoms with Crippen LogP contribution in [0.1, 0.15) is 30.4 Å². The highest BCUT2D eigenvalue weighted by Crippen LogP contribution is 2.16. The van der Waals surface area contributed by atoms with Crippen LogP contribution in [-0.4, -0.2) is 31.6 Å². The Bertz CT molecular complexity index is 362. The molecule has 2 nitrogen and oxygen atoms in total. The number of hydrogen-bond donors (Lipinski definition) is 1. The molecule has 1 fully saturated rings. The molecule has 1 aliphatic rings. The van der Waals surface area contributed by atoms with Crippen molar-refractivity contribution in [3.63, 3.8) is 0 Å². The standard InChI is InChI=1S/C16H26N2.ClH/c1-14-4-3-5-16(12-14)13-18(2)11-8-15-6-9-17-10-7-15;/h3-5,12,15,17H,6-11,13H2,1-2H3;1H. The number of rotatable bonds is 5. The largest absolute Gasteiger partial charge is 0.317 e. The Morgan fingerprint density at radius 3 is 2.68 bits per heavy atom. The van der Waals surface area contributed by atoms with Gasteiger partial charge in [0, 0.05) is 6.54 Å². The van der Waals surface area contributed by atoms with Gasteiger partial charge >= 0.3 is 0 Å². The highest BCUT2D eigenvalue weighted by molar-refractivity contribution is 5.85. The van der Waals surface area contributed by atoms with Crippen molar-refractivity contribution in [1.82, 2.24) is 10.2 Å². The molecule has 1 saturated heterocycles. The molecule has 0 atom stereocenters. The average Bonchev–Trinajstić information content (AvgIpc) is 2.38. The summed E-state index contributed by atoms with van der Waals surface area (Å²) in [4.78, 5) is 2.46. The normalized spacial score (nSPS) is 16.4. The first-order valence-electron chi connectivity index (χ1n) is 7.19. The smallest absolute Gasteiger partial charge is 0.0230 e. The van der Waals surface area contributed by atoms with Crippen molar-refractivity contribution in [2.24, 2.45) is 5.92 Å². The van der Waals surface area contributed by atoms with Gasteiger partial charge in [-0.2, -0.15) is 0 Å². The second-order valence-corrected chi connectivity index (χ2v) is 5.71. The van der Waals surface area contributed by atoms with Crippen molar-refractivity contribution in [2.75, 3.05) is 26.7 Å². The number of nitrogens with zero attached hydrogens (tertiary/aromatic N) is 1. The van der Waals surface area contributed by atoms with Crippen LogP contribution in [-0.2, 0) is 6.54 Å². The van der Waals surface area contributed by atoms with E-state index in [0.717, 1.165) is 12.5 Å². The van der Waals surface area contributed by atoms with Gasteiger partial charge in [-0.05, 0) is 64.3 Å². The molecule has 0 aromatic heterocycles. The first-order valence-corrected chi connectivity index (χ1v) is 7.19. The van der Waals surface area contributed by atoms with Gasteiger partial charge in [-0.1, -0.05) is 29.8 Å². The van der Waals surface area contributed by atoms with Gasteiger partial charge in [-0.3, -0.25) is 0 Å². The fourth-order valence-electron chi connectivity index (χ4n) is 2.77. The fraction of sp³-hybridized carbons (Fsp3) is 0.625. The third kappa shape index (κ3) is 5.94. The van der Waals surface area contributed by atoms with E-state index in [1.165, 1.54) is 50.0 Å². The van der Waals surface area contributed by atoms with Gasteiger partial charge in [-0.25, -0.2) is 0 Å². The van der Waals surface area contributed by atoms with Crippen molar-refractivity contribution in [3.05, 3.63) is 35.4 Å². The molecule has 2 rings (SSSR count). The summed E-state index contributed by atoms with van der Waals surface area (Å²) in [6, 6.07) is 8.85. The van der Waals surface area contributed by atoms with Crippen LogP contribution in [0.3, 0.4) is 0 Å². The summed E-state index contributed by atoms with van der Waals surface area (Å²) in [6.07, 6.45) is 4.07. The summed E-state index contributed by atoms with van der Waals surface area (Å²) in [5.74, 6) is 0.936. The SMILES string of the molecule is Cc1cccc(CN(C)CCC2CCNCC2)c1.Cl. The molecule has 0 saturated carbocycles. The monoisotopic (exact) mass is 282 g/mol. The molecule has 0 radical (unpaired) electrons. The molecule has 1 N–H and O–H groups in total. The first-order chi connectivity index (χ1) is 8.74. The summed E-state index contributed by atoms with van der Waals surface area (Å²) in [5, 5.41) is 3.43. The van der Waals surface area contributed by atoms with Crippen LogP contribution in [0.5, 0.6) is 0 Å². The molecule has 0 bridgehead atoms. The summed E-state index contributed by atoms with van der Waals surface area (Å²) in [7, 11) is 2.24. The van der Waals surface area contributed by atoms with Crippen LogP contribution in [0.25, 0.3) is 0 Å². The zero-order valence-electron chi connectivity index (χ0n) is 12.2. The molecule has 1 aromatic rings. The average molecular weight is 283 g/mol. The van der Waals surface area contributed by atoms with E-state index in [1.54, 1.807) is 0 Å². The van der Waals surface area contributed by atoms with Gasteiger partial charge < -0.3 is 10.2 Å². The van der Waals surface area contributed by atoms with E-state index in [4.69, 9.17) is 0 Å². The number of aryl methyl sites for hydroxylation is 1. The van der Waals surface area contributed by atoms with Gasteiger partial charge in [-0.15, -0.1) is 12.4 Å². The van der Waals surface area contributed by atoms with Gasteiger partial charge in [0.05, 0.1) is 0 Å². The summed E-state index contributed by atoms with van der Waals surface area (Å²) in [5.41, 5.74) is 2.79. The zero-order valence-corrected chi connectivity index (χ0v) is 13.0. The lowest BCUT2D eigenvalue weighted by Crippen LogP contribution is -2.30. The van der Waals surface area contributed by atoms with Gasteiger partial charge in [0.25, 0.3) is 0 Å². The second kappa shape index (κ2) is 8.57. The highest BCUT2D eigenvalue weighted by atomic mass is 35.5. The van der Waals surface area contributed by atoms with Crippen molar-refractivity contribution in [3.8, 4) is 0 Å². The van der Waals surface area contributed by atoms with E-state index in [9.17, 15) is 0 Å². The maximum atomic E-state index is 3.43. The van der Waals surface area contributed by atoms with Gasteiger partial charge in [0.2, 0.25) is 0 Å². The van der Waals surface area contributed by atoms with E-state index in [2.05, 4.69) is 48.5 Å². The number of piperidine rings is 1. The molecule has 3 heteroatoms. The zero-order chi connectivity index (χ0) is 12.8. The van der Waals surface area contributed by atoms with E-state index < -0.39 is 0 Å². The Hall–Kier alpha value is -0.570. The lowest BCUT2D eigenvalue weighted by molar-refractivity contribution is 0.266. The first kappa shape index (κ1) is 16.5. The number of hydrogen-bond acceptors (Lipinski definition) is 2. The van der Waals surface area contributed by atoms with Crippen LogP contribution < -0.4 is 5.32 Å². The third-order valence-corrected chi connectivity index (χ3v) is 3.91. The van der Waals surface area contributed by atoms with Crippen LogP contribution in [0.15, 0.2) is 24.3 Å². The van der Waals surface area contributed by atoms with Crippen LogP contribution >= 0.6 is 12.4 Å². The van der Waals surface area contributed by atoms with E-state index in [-0.39, 0.29) is 12.4 Å². The number of halogens is 1. The van der Waals surface area contributed by atoms with E-state index in [0.29, 0.717) is 0 Å². The quantitative estimate of drug-likeness (QED) is 0.892. The van der Waals surface area contributed by atoms with Crippen LogP contribution in [0.4, 0.5) is 0 Å². The minimum atomic E-state index is 0. The molecule has 19 heavy (non-hydrogen) atoms. The Morgan fingerprint density at radius 2 is 2.00 bits per heavy atom. The Labute approximate surface area is 124 Å². The van der Waals surface area contributed by atoms with Crippen LogP contribution in [0.2, 0.25) is 0 Å². The second-order valence-electron chi connectivity index (χ2n) is 5.71. The van der Waals surface area contributed by atoms with E-state index in [1.807, 2.05) is 0 Å². The molecule has 1 aliphatic heterocycles. The molecular weight excluding hydrogens is 256 g/mol. The molecule has 1 heterocycles. The Morgan fingerprint density at radius 1 is 1.26 bits per heavy atom. The van der Waals surface area contributed by atoms with Crippen LogP contribution in [0, 0.1) is 12.8 Å². The fourth-order valence-corrected chi connectivity index (χ4v) is 2.77. The Kier molecular flexibility index (Phi) is 7.44. The summed E-state index contributed by atoms with van der Waals surface area (Å²) in [6.45, 7) is 6.89. The molecular formula is C16H27ClN2. The van der Waals surface area contributed by atoms with Gasteiger partial charge in [0.15, 0.2) is 0 Å². The highest BCUT2D eigenvalue weighted by Gasteiger charge is 2.13. The molecule has 0 amide bonds. The third-order valence-electron chi connectivity index (χ3n) is 3.91. The lowest BCUT2D eigenvalue weighted by atomic mass is 9.94. The minimum absolute atomic E-state index is 0. The Balaban J connectivity index is 0.00000180. The topological polar surface area (TPSA) is 15.3 Å².